The monoisotopic (exact) mass is 297 g/mol. The van der Waals surface area contributed by atoms with E-state index in [1.807, 2.05) is 23.9 Å². The molecule has 0 aromatic carbocycles. The highest BCUT2D eigenvalue weighted by Crippen LogP contribution is 2.16. The average molecular weight is 297 g/mol. The lowest BCUT2D eigenvalue weighted by atomic mass is 10.2. The van der Waals surface area contributed by atoms with Crippen LogP contribution in [0.15, 0.2) is 30.6 Å². The van der Waals surface area contributed by atoms with Crippen LogP contribution < -0.4 is 0 Å². The van der Waals surface area contributed by atoms with Gasteiger partial charge < -0.3 is 4.40 Å². The number of aromatic nitrogens is 4. The molecule has 0 fully saturated rings. The van der Waals surface area contributed by atoms with E-state index in [1.54, 1.807) is 0 Å². The summed E-state index contributed by atoms with van der Waals surface area (Å²) in [7, 11) is 2.13. The molecule has 0 N–H and O–H groups in total. The first kappa shape index (κ1) is 14.8. The van der Waals surface area contributed by atoms with E-state index in [4.69, 9.17) is 4.98 Å². The third kappa shape index (κ3) is 2.64. The first-order chi connectivity index (χ1) is 10.6. The van der Waals surface area contributed by atoms with Gasteiger partial charge in [0.2, 0.25) is 0 Å². The fourth-order valence-electron chi connectivity index (χ4n) is 2.94. The maximum atomic E-state index is 4.72. The van der Waals surface area contributed by atoms with Crippen molar-refractivity contribution in [1.82, 2.24) is 24.1 Å². The zero-order valence-electron chi connectivity index (χ0n) is 13.7. The van der Waals surface area contributed by atoms with Gasteiger partial charge in [-0.3, -0.25) is 9.58 Å². The van der Waals surface area contributed by atoms with E-state index in [2.05, 4.69) is 53.6 Å². The molecule has 0 atom stereocenters. The Labute approximate surface area is 131 Å². The van der Waals surface area contributed by atoms with Gasteiger partial charge in [-0.25, -0.2) is 4.98 Å². The Hall–Kier alpha value is -2.14. The Morgan fingerprint density at radius 3 is 2.73 bits per heavy atom. The third-order valence-electron chi connectivity index (χ3n) is 4.17. The van der Waals surface area contributed by atoms with Crippen molar-refractivity contribution in [1.29, 1.82) is 0 Å². The van der Waals surface area contributed by atoms with Crippen LogP contribution in [0.4, 0.5) is 0 Å². The molecule has 5 nitrogen and oxygen atoms in total. The highest BCUT2D eigenvalue weighted by Gasteiger charge is 2.12. The van der Waals surface area contributed by atoms with Crippen molar-refractivity contribution in [3.05, 3.63) is 53.4 Å². The summed E-state index contributed by atoms with van der Waals surface area (Å²) in [4.78, 5) is 7.01. The van der Waals surface area contributed by atoms with Gasteiger partial charge in [0, 0.05) is 37.1 Å². The number of pyridine rings is 1. The fourth-order valence-corrected chi connectivity index (χ4v) is 2.94. The lowest BCUT2D eigenvalue weighted by molar-refractivity contribution is 0.316. The van der Waals surface area contributed by atoms with E-state index in [9.17, 15) is 0 Å². The van der Waals surface area contributed by atoms with Crippen LogP contribution in [0, 0.1) is 13.8 Å². The summed E-state index contributed by atoms with van der Waals surface area (Å²) >= 11 is 0. The molecule has 0 aliphatic carbocycles. The Morgan fingerprint density at radius 1 is 1.18 bits per heavy atom. The molecule has 0 aliphatic rings. The molecule has 3 aromatic rings. The third-order valence-corrected chi connectivity index (χ3v) is 4.17. The number of hydrogen-bond acceptors (Lipinski definition) is 3. The molecule has 0 aliphatic heterocycles. The number of imidazole rings is 1. The Morgan fingerprint density at radius 2 is 2.00 bits per heavy atom. The van der Waals surface area contributed by atoms with Crippen molar-refractivity contribution in [2.75, 3.05) is 7.05 Å². The van der Waals surface area contributed by atoms with Gasteiger partial charge in [0.25, 0.3) is 0 Å². The average Bonchev–Trinajstić information content (AvgIpc) is 3.01. The van der Waals surface area contributed by atoms with Gasteiger partial charge >= 0.3 is 0 Å². The van der Waals surface area contributed by atoms with Gasteiger partial charge in [0.05, 0.1) is 17.4 Å². The molecule has 3 heterocycles. The van der Waals surface area contributed by atoms with Crippen molar-refractivity contribution in [2.24, 2.45) is 0 Å². The minimum Gasteiger partial charge on any atom is -0.304 e. The highest BCUT2D eigenvalue weighted by atomic mass is 15.3. The van der Waals surface area contributed by atoms with E-state index < -0.39 is 0 Å². The van der Waals surface area contributed by atoms with E-state index in [0.717, 1.165) is 31.2 Å². The molecular formula is C17H23N5. The zero-order valence-corrected chi connectivity index (χ0v) is 13.7. The summed E-state index contributed by atoms with van der Waals surface area (Å²) in [5.41, 5.74) is 4.85. The summed E-state index contributed by atoms with van der Waals surface area (Å²) in [5, 5.41) is 4.42. The molecule has 0 unspecified atom stereocenters. The summed E-state index contributed by atoms with van der Waals surface area (Å²) in [5.74, 6) is 1.04. The molecule has 0 saturated heterocycles. The van der Waals surface area contributed by atoms with Crippen LogP contribution in [0.1, 0.15) is 29.7 Å². The number of nitrogens with zero attached hydrogens (tertiary/aromatic N) is 5. The van der Waals surface area contributed by atoms with Gasteiger partial charge in [-0.05, 0) is 40.0 Å². The summed E-state index contributed by atoms with van der Waals surface area (Å²) in [6.45, 7) is 8.94. The van der Waals surface area contributed by atoms with Gasteiger partial charge in [-0.2, -0.15) is 5.10 Å². The van der Waals surface area contributed by atoms with Crippen molar-refractivity contribution < 1.29 is 0 Å². The molecule has 22 heavy (non-hydrogen) atoms. The van der Waals surface area contributed by atoms with Crippen molar-refractivity contribution in [3.8, 4) is 0 Å². The van der Waals surface area contributed by atoms with Gasteiger partial charge in [-0.15, -0.1) is 0 Å². The molecule has 0 saturated carbocycles. The number of fused-ring (bicyclic) bond motifs is 1. The smallest absolute Gasteiger partial charge is 0.110 e. The topological polar surface area (TPSA) is 38.4 Å². The lowest BCUT2D eigenvalue weighted by Crippen LogP contribution is -2.18. The predicted octanol–water partition coefficient (Wildman–Crippen LogP) is 2.80. The van der Waals surface area contributed by atoms with Gasteiger partial charge in [0.1, 0.15) is 5.82 Å². The van der Waals surface area contributed by atoms with Gasteiger partial charge in [0.15, 0.2) is 0 Å². The largest absolute Gasteiger partial charge is 0.304 e. The normalized spacial score (nSPS) is 11.7. The van der Waals surface area contributed by atoms with Crippen LogP contribution in [-0.2, 0) is 19.6 Å². The second kappa shape index (κ2) is 5.93. The molecule has 0 bridgehead atoms. The van der Waals surface area contributed by atoms with Crippen molar-refractivity contribution >= 4 is 5.52 Å². The highest BCUT2D eigenvalue weighted by molar-refractivity contribution is 5.53. The first-order valence-corrected chi connectivity index (χ1v) is 7.72. The molecule has 0 spiro atoms. The maximum Gasteiger partial charge on any atom is 0.110 e. The van der Waals surface area contributed by atoms with Gasteiger partial charge in [-0.1, -0.05) is 6.07 Å². The van der Waals surface area contributed by atoms with Crippen LogP contribution in [0.2, 0.25) is 0 Å². The standard InChI is InChI=1S/C17H23N5/c1-5-22-13(2)15(10-18-22)11-20(4)12-16-17-8-6-7-9-21(17)14(3)19-16/h6-10H,5,11-12H2,1-4H3. The van der Waals surface area contributed by atoms with E-state index in [-0.39, 0.29) is 0 Å². The Kier molecular flexibility index (Phi) is 3.98. The van der Waals surface area contributed by atoms with Crippen LogP contribution >= 0.6 is 0 Å². The quantitative estimate of drug-likeness (QED) is 0.727. The summed E-state index contributed by atoms with van der Waals surface area (Å²) in [6, 6.07) is 6.23. The molecular weight excluding hydrogens is 274 g/mol. The first-order valence-electron chi connectivity index (χ1n) is 7.72. The van der Waals surface area contributed by atoms with Crippen LogP contribution in [-0.4, -0.2) is 31.1 Å². The molecule has 3 aromatic heterocycles. The van der Waals surface area contributed by atoms with Crippen LogP contribution in [0.3, 0.4) is 0 Å². The molecule has 0 radical (unpaired) electrons. The van der Waals surface area contributed by atoms with Crippen LogP contribution in [0.25, 0.3) is 5.52 Å². The fraction of sp³-hybridized carbons (Fsp3) is 0.412. The Bertz CT molecular complexity index is 784. The molecule has 116 valence electrons. The maximum absolute atomic E-state index is 4.72. The second-order valence-electron chi connectivity index (χ2n) is 5.80. The zero-order chi connectivity index (χ0) is 15.7. The number of hydrogen-bond donors (Lipinski definition) is 0. The van der Waals surface area contributed by atoms with Crippen LogP contribution in [0.5, 0.6) is 0 Å². The lowest BCUT2D eigenvalue weighted by Gasteiger charge is -2.15. The number of rotatable bonds is 5. The summed E-state index contributed by atoms with van der Waals surface area (Å²) < 4.78 is 4.18. The second-order valence-corrected chi connectivity index (χ2v) is 5.80. The molecule has 3 rings (SSSR count). The van der Waals surface area contributed by atoms with E-state index in [1.165, 1.54) is 16.8 Å². The van der Waals surface area contributed by atoms with E-state index in [0.29, 0.717) is 0 Å². The SMILES string of the molecule is CCn1ncc(CN(C)Cc2nc(C)n3ccccc23)c1C. The molecule has 5 heteroatoms. The predicted molar refractivity (Wildman–Crippen MR) is 87.7 cm³/mol. The minimum absolute atomic E-state index is 0.831. The van der Waals surface area contributed by atoms with E-state index >= 15 is 0 Å². The summed E-state index contributed by atoms with van der Waals surface area (Å²) in [6.07, 6.45) is 4.04. The Balaban J connectivity index is 1.78. The number of aryl methyl sites for hydroxylation is 2. The van der Waals surface area contributed by atoms with Crippen molar-refractivity contribution in [2.45, 2.75) is 40.4 Å². The minimum atomic E-state index is 0.831. The molecule has 0 amide bonds. The van der Waals surface area contributed by atoms with Crippen molar-refractivity contribution in [3.63, 3.8) is 0 Å².